The Kier molecular flexibility index (Phi) is 5.21. The molecule has 152 valence electrons. The Morgan fingerprint density at radius 2 is 1.57 bits per heavy atom. The van der Waals surface area contributed by atoms with Crippen LogP contribution in [0.2, 0.25) is 0 Å². The van der Waals surface area contributed by atoms with Crippen molar-refractivity contribution in [2.24, 2.45) is 17.8 Å². The fraction of sp³-hybridized carbons (Fsp3) is 0.652. The number of carbonyl (C=O) groups is 2. The molecule has 1 aromatic rings. The Hall–Kier alpha value is -1.88. The Morgan fingerprint density at radius 3 is 2.11 bits per heavy atom. The molecule has 1 atom stereocenters. The molecule has 5 nitrogen and oxygen atoms in total. The van der Waals surface area contributed by atoms with Crippen LogP contribution in [0, 0.1) is 31.6 Å². The number of rotatable bonds is 6. The molecule has 5 rings (SSSR count). The van der Waals surface area contributed by atoms with Gasteiger partial charge in [-0.25, -0.2) is 0 Å². The molecule has 0 saturated heterocycles. The zero-order valence-electron chi connectivity index (χ0n) is 17.3. The molecule has 0 radical (unpaired) electrons. The van der Waals surface area contributed by atoms with Crippen LogP contribution in [0.4, 0.5) is 5.69 Å². The standard InChI is InChI=1S/C23H33N3O2/c1-14-5-4-6-15(2)21(14)25-20(27)13-24-22(28)16(3)26-23-10-17-7-18(11-23)9-19(8-17)12-23/h4-6,16-19,26H,7-13H2,1-3H3,(H,24,28)(H,25,27)/t16-,17?,18?,19?,23?/m0/s1. The molecule has 2 amide bonds. The van der Waals surface area contributed by atoms with Crippen LogP contribution in [0.15, 0.2) is 18.2 Å². The van der Waals surface area contributed by atoms with Crippen LogP contribution in [0.1, 0.15) is 56.6 Å². The van der Waals surface area contributed by atoms with Crippen molar-refractivity contribution >= 4 is 17.5 Å². The third-order valence-corrected chi connectivity index (χ3v) is 7.12. The molecular weight excluding hydrogens is 350 g/mol. The van der Waals surface area contributed by atoms with Gasteiger partial charge in [0.05, 0.1) is 12.6 Å². The van der Waals surface area contributed by atoms with Gasteiger partial charge in [0.15, 0.2) is 0 Å². The first kappa shape index (κ1) is 19.4. The van der Waals surface area contributed by atoms with Crippen LogP contribution in [0.25, 0.3) is 0 Å². The van der Waals surface area contributed by atoms with E-state index in [1.165, 1.54) is 38.5 Å². The summed E-state index contributed by atoms with van der Waals surface area (Å²) in [7, 11) is 0. The summed E-state index contributed by atoms with van der Waals surface area (Å²) in [5, 5.41) is 9.41. The number of benzene rings is 1. The van der Waals surface area contributed by atoms with Crippen LogP contribution >= 0.6 is 0 Å². The highest BCUT2D eigenvalue weighted by Crippen LogP contribution is 2.55. The highest BCUT2D eigenvalue weighted by molar-refractivity contribution is 5.96. The molecule has 0 heterocycles. The second-order valence-electron chi connectivity index (χ2n) is 9.60. The Bertz CT molecular complexity index is 718. The molecule has 4 fully saturated rings. The van der Waals surface area contributed by atoms with E-state index in [1.54, 1.807) is 0 Å². The molecule has 1 aromatic carbocycles. The molecule has 4 bridgehead atoms. The van der Waals surface area contributed by atoms with Crippen LogP contribution in [0.5, 0.6) is 0 Å². The van der Waals surface area contributed by atoms with E-state index < -0.39 is 0 Å². The van der Waals surface area contributed by atoms with E-state index >= 15 is 0 Å². The summed E-state index contributed by atoms with van der Waals surface area (Å²) >= 11 is 0. The van der Waals surface area contributed by atoms with Crippen molar-refractivity contribution < 1.29 is 9.59 Å². The molecule has 0 aliphatic heterocycles. The predicted molar refractivity (Wildman–Crippen MR) is 111 cm³/mol. The number of carbonyl (C=O) groups excluding carboxylic acids is 2. The van der Waals surface area contributed by atoms with Crippen LogP contribution < -0.4 is 16.0 Å². The van der Waals surface area contributed by atoms with E-state index in [9.17, 15) is 9.59 Å². The molecule has 0 aromatic heterocycles. The van der Waals surface area contributed by atoms with Crippen molar-refractivity contribution in [2.45, 2.75) is 70.9 Å². The quantitative estimate of drug-likeness (QED) is 0.706. The second-order valence-corrected chi connectivity index (χ2v) is 9.60. The first-order chi connectivity index (χ1) is 13.3. The largest absolute Gasteiger partial charge is 0.346 e. The van der Waals surface area contributed by atoms with Gasteiger partial charge in [-0.3, -0.25) is 9.59 Å². The van der Waals surface area contributed by atoms with Crippen LogP contribution in [0.3, 0.4) is 0 Å². The molecule has 5 heteroatoms. The summed E-state index contributed by atoms with van der Waals surface area (Å²) in [6.07, 6.45) is 7.80. The lowest BCUT2D eigenvalue weighted by molar-refractivity contribution is -0.126. The summed E-state index contributed by atoms with van der Waals surface area (Å²) in [4.78, 5) is 24.9. The van der Waals surface area contributed by atoms with Gasteiger partial charge in [-0.05, 0) is 88.2 Å². The third-order valence-electron chi connectivity index (χ3n) is 7.12. The van der Waals surface area contributed by atoms with Gasteiger partial charge in [-0.2, -0.15) is 0 Å². The lowest BCUT2D eigenvalue weighted by Gasteiger charge is -2.57. The molecular formula is C23H33N3O2. The second kappa shape index (κ2) is 7.51. The van der Waals surface area contributed by atoms with Gasteiger partial charge in [-0.1, -0.05) is 18.2 Å². The Balaban J connectivity index is 1.28. The van der Waals surface area contributed by atoms with Gasteiger partial charge >= 0.3 is 0 Å². The summed E-state index contributed by atoms with van der Waals surface area (Å²) < 4.78 is 0. The maximum atomic E-state index is 12.6. The van der Waals surface area contributed by atoms with E-state index in [4.69, 9.17) is 0 Å². The van der Waals surface area contributed by atoms with Gasteiger partial charge < -0.3 is 16.0 Å². The Morgan fingerprint density at radius 1 is 1.04 bits per heavy atom. The highest BCUT2D eigenvalue weighted by atomic mass is 16.2. The molecule has 3 N–H and O–H groups in total. The number of para-hydroxylation sites is 1. The van der Waals surface area contributed by atoms with Crippen molar-refractivity contribution in [3.63, 3.8) is 0 Å². The highest BCUT2D eigenvalue weighted by Gasteiger charge is 2.51. The van der Waals surface area contributed by atoms with E-state index in [-0.39, 0.29) is 29.9 Å². The molecule has 4 aliphatic carbocycles. The van der Waals surface area contributed by atoms with Crippen molar-refractivity contribution in [1.29, 1.82) is 0 Å². The van der Waals surface area contributed by atoms with Gasteiger partial charge in [0, 0.05) is 11.2 Å². The number of aryl methyl sites for hydroxylation is 2. The van der Waals surface area contributed by atoms with Crippen molar-refractivity contribution in [2.75, 3.05) is 11.9 Å². The zero-order valence-corrected chi connectivity index (χ0v) is 17.3. The third kappa shape index (κ3) is 3.95. The number of hydrogen-bond donors (Lipinski definition) is 3. The molecule has 0 spiro atoms. The van der Waals surface area contributed by atoms with Crippen molar-refractivity contribution in [3.05, 3.63) is 29.3 Å². The number of nitrogens with one attached hydrogen (secondary N) is 3. The maximum Gasteiger partial charge on any atom is 0.243 e. The van der Waals surface area contributed by atoms with Crippen LogP contribution in [-0.2, 0) is 9.59 Å². The maximum absolute atomic E-state index is 12.6. The number of hydrogen-bond acceptors (Lipinski definition) is 3. The summed E-state index contributed by atoms with van der Waals surface area (Å²) in [6.45, 7) is 5.87. The first-order valence-electron chi connectivity index (χ1n) is 10.7. The van der Waals surface area contributed by atoms with E-state index in [1.807, 2.05) is 39.0 Å². The predicted octanol–water partition coefficient (Wildman–Crippen LogP) is 3.31. The zero-order chi connectivity index (χ0) is 19.9. The number of anilines is 1. The van der Waals surface area contributed by atoms with Crippen molar-refractivity contribution in [3.8, 4) is 0 Å². The average Bonchev–Trinajstić information content (AvgIpc) is 2.61. The topological polar surface area (TPSA) is 70.2 Å². The van der Waals surface area contributed by atoms with Crippen molar-refractivity contribution in [1.82, 2.24) is 10.6 Å². The van der Waals surface area contributed by atoms with Crippen LogP contribution in [-0.4, -0.2) is 29.9 Å². The fourth-order valence-electron chi connectivity index (χ4n) is 6.33. The summed E-state index contributed by atoms with van der Waals surface area (Å²) in [5.74, 6) is 2.26. The lowest BCUT2D eigenvalue weighted by atomic mass is 9.53. The van der Waals surface area contributed by atoms with Gasteiger partial charge in [0.25, 0.3) is 0 Å². The minimum absolute atomic E-state index is 0.000493. The molecule has 4 saturated carbocycles. The van der Waals surface area contributed by atoms with Gasteiger partial charge in [-0.15, -0.1) is 0 Å². The van der Waals surface area contributed by atoms with E-state index in [2.05, 4.69) is 16.0 Å². The minimum atomic E-state index is -0.274. The molecule has 0 unspecified atom stereocenters. The average molecular weight is 384 g/mol. The van der Waals surface area contributed by atoms with Gasteiger partial charge in [0.2, 0.25) is 11.8 Å². The van der Waals surface area contributed by atoms with E-state index in [0.717, 1.165) is 34.6 Å². The van der Waals surface area contributed by atoms with E-state index in [0.29, 0.717) is 0 Å². The van der Waals surface area contributed by atoms with Gasteiger partial charge in [0.1, 0.15) is 0 Å². The normalized spacial score (nSPS) is 31.5. The Labute approximate surface area is 168 Å². The lowest BCUT2D eigenvalue weighted by Crippen LogP contribution is -2.62. The SMILES string of the molecule is Cc1cccc(C)c1NC(=O)CNC(=O)[C@H](C)NC12CC3CC(CC(C3)C1)C2. The summed E-state index contributed by atoms with van der Waals surface area (Å²) in [6, 6.07) is 5.64. The smallest absolute Gasteiger partial charge is 0.243 e. The molecule has 4 aliphatic rings. The number of amides is 2. The first-order valence-corrected chi connectivity index (χ1v) is 10.7. The minimum Gasteiger partial charge on any atom is -0.346 e. The summed E-state index contributed by atoms with van der Waals surface area (Å²) in [5.41, 5.74) is 3.03. The molecule has 28 heavy (non-hydrogen) atoms. The fourth-order valence-corrected chi connectivity index (χ4v) is 6.33. The monoisotopic (exact) mass is 383 g/mol.